The average molecular weight is 231 g/mol. The van der Waals surface area contributed by atoms with Gasteiger partial charge in [-0.05, 0) is 24.6 Å². The summed E-state index contributed by atoms with van der Waals surface area (Å²) in [5.74, 6) is -0.307. The van der Waals surface area contributed by atoms with E-state index in [0.717, 1.165) is 0 Å². The molecule has 1 rings (SSSR count). The van der Waals surface area contributed by atoms with E-state index < -0.39 is 12.4 Å². The fraction of sp³-hybridized carbons (Fsp3) is 0.300. The van der Waals surface area contributed by atoms with Crippen molar-refractivity contribution in [3.63, 3.8) is 0 Å². The summed E-state index contributed by atoms with van der Waals surface area (Å²) in [6.07, 6.45) is -3.32. The maximum absolute atomic E-state index is 11.8. The van der Waals surface area contributed by atoms with Gasteiger partial charge in [0.2, 0.25) is 6.08 Å². The van der Waals surface area contributed by atoms with E-state index in [1.807, 2.05) is 0 Å². The minimum absolute atomic E-state index is 0.307. The molecule has 0 heterocycles. The SMILES string of the molecule is C[C@@H](N=C=O)c1ccc(OC(F)(F)F)cc1. The van der Waals surface area contributed by atoms with Crippen LogP contribution in [0.15, 0.2) is 29.3 Å². The molecule has 1 atom stereocenters. The molecule has 0 N–H and O–H groups in total. The lowest BCUT2D eigenvalue weighted by Crippen LogP contribution is -2.17. The second-order valence-corrected chi connectivity index (χ2v) is 3.01. The fourth-order valence-corrected chi connectivity index (χ4v) is 1.10. The molecule has 0 aliphatic heterocycles. The number of aliphatic imine (C=N–C) groups is 1. The normalized spacial score (nSPS) is 12.8. The largest absolute Gasteiger partial charge is 0.573 e. The molecule has 86 valence electrons. The summed E-state index contributed by atoms with van der Waals surface area (Å²) in [5, 5.41) is 0. The first-order valence-corrected chi connectivity index (χ1v) is 4.35. The standard InChI is InChI=1S/C10H8F3NO2/c1-7(14-6-15)8-2-4-9(5-3-8)16-10(11,12)13/h2-5,7H,1H3/t7-/m1/s1. The first-order chi connectivity index (χ1) is 7.42. The Labute approximate surface area is 89.6 Å². The van der Waals surface area contributed by atoms with Gasteiger partial charge >= 0.3 is 6.36 Å². The number of benzene rings is 1. The third kappa shape index (κ3) is 3.74. The van der Waals surface area contributed by atoms with Gasteiger partial charge in [0.1, 0.15) is 5.75 Å². The molecule has 16 heavy (non-hydrogen) atoms. The van der Waals surface area contributed by atoms with Crippen LogP contribution in [0.1, 0.15) is 18.5 Å². The van der Waals surface area contributed by atoms with Crippen molar-refractivity contribution < 1.29 is 22.7 Å². The molecule has 0 bridgehead atoms. The lowest BCUT2D eigenvalue weighted by molar-refractivity contribution is -0.274. The first kappa shape index (κ1) is 12.3. The highest BCUT2D eigenvalue weighted by molar-refractivity contribution is 5.36. The molecule has 0 spiro atoms. The molecule has 1 aromatic carbocycles. The predicted octanol–water partition coefficient (Wildman–Crippen LogP) is 2.98. The zero-order valence-corrected chi connectivity index (χ0v) is 8.28. The highest BCUT2D eigenvalue weighted by Crippen LogP contribution is 2.25. The van der Waals surface area contributed by atoms with E-state index in [2.05, 4.69) is 9.73 Å². The van der Waals surface area contributed by atoms with Gasteiger partial charge in [-0.15, -0.1) is 13.2 Å². The van der Waals surface area contributed by atoms with Crippen LogP contribution in [0.5, 0.6) is 5.75 Å². The zero-order chi connectivity index (χ0) is 12.2. The smallest absolute Gasteiger partial charge is 0.406 e. The van der Waals surface area contributed by atoms with Crippen molar-refractivity contribution in [1.82, 2.24) is 0 Å². The maximum Gasteiger partial charge on any atom is 0.573 e. The highest BCUT2D eigenvalue weighted by atomic mass is 19.4. The highest BCUT2D eigenvalue weighted by Gasteiger charge is 2.30. The quantitative estimate of drug-likeness (QED) is 0.592. The van der Waals surface area contributed by atoms with Crippen molar-refractivity contribution in [1.29, 1.82) is 0 Å². The van der Waals surface area contributed by atoms with Crippen LogP contribution in [0.3, 0.4) is 0 Å². The van der Waals surface area contributed by atoms with Gasteiger partial charge in [-0.3, -0.25) is 0 Å². The van der Waals surface area contributed by atoms with Crippen molar-refractivity contribution in [2.24, 2.45) is 4.99 Å². The van der Waals surface area contributed by atoms with Crippen LogP contribution in [-0.4, -0.2) is 12.4 Å². The van der Waals surface area contributed by atoms with Gasteiger partial charge in [0.05, 0.1) is 6.04 Å². The van der Waals surface area contributed by atoms with Crippen LogP contribution in [-0.2, 0) is 4.79 Å². The van der Waals surface area contributed by atoms with Gasteiger partial charge in [-0.1, -0.05) is 12.1 Å². The van der Waals surface area contributed by atoms with Gasteiger partial charge < -0.3 is 4.74 Å². The third-order valence-electron chi connectivity index (χ3n) is 1.84. The van der Waals surface area contributed by atoms with E-state index in [1.54, 1.807) is 6.92 Å². The number of alkyl halides is 3. The second-order valence-electron chi connectivity index (χ2n) is 3.01. The van der Waals surface area contributed by atoms with E-state index in [1.165, 1.54) is 30.3 Å². The molecule has 0 aromatic heterocycles. The molecule has 0 amide bonds. The molecular weight excluding hydrogens is 223 g/mol. The molecule has 3 nitrogen and oxygen atoms in total. The number of hydrogen-bond donors (Lipinski definition) is 0. The van der Waals surface area contributed by atoms with E-state index in [4.69, 9.17) is 0 Å². The fourth-order valence-electron chi connectivity index (χ4n) is 1.10. The molecule has 0 saturated carbocycles. The Hall–Kier alpha value is -1.81. The zero-order valence-electron chi connectivity index (χ0n) is 8.28. The van der Waals surface area contributed by atoms with Gasteiger partial charge in [0, 0.05) is 0 Å². The molecule has 0 fully saturated rings. The second kappa shape index (κ2) is 4.81. The lowest BCUT2D eigenvalue weighted by atomic mass is 10.1. The van der Waals surface area contributed by atoms with Gasteiger partial charge in [-0.25, -0.2) is 4.79 Å². The first-order valence-electron chi connectivity index (χ1n) is 4.35. The monoisotopic (exact) mass is 231 g/mol. The Balaban J connectivity index is 2.79. The van der Waals surface area contributed by atoms with Crippen LogP contribution < -0.4 is 4.74 Å². The molecule has 0 radical (unpaired) electrons. The van der Waals surface area contributed by atoms with Crippen molar-refractivity contribution >= 4 is 6.08 Å². The summed E-state index contributed by atoms with van der Waals surface area (Å²) in [7, 11) is 0. The molecule has 0 saturated heterocycles. The summed E-state index contributed by atoms with van der Waals surface area (Å²) in [4.78, 5) is 13.4. The van der Waals surface area contributed by atoms with Crippen molar-refractivity contribution in [3.8, 4) is 5.75 Å². The number of halogens is 3. The van der Waals surface area contributed by atoms with E-state index in [9.17, 15) is 18.0 Å². The third-order valence-corrected chi connectivity index (χ3v) is 1.84. The topological polar surface area (TPSA) is 38.7 Å². The number of ether oxygens (including phenoxy) is 1. The summed E-state index contributed by atoms with van der Waals surface area (Å²) in [6, 6.07) is 4.72. The number of rotatable bonds is 3. The number of carbonyl (C=O) groups excluding carboxylic acids is 1. The van der Waals surface area contributed by atoms with E-state index >= 15 is 0 Å². The van der Waals surface area contributed by atoms with Gasteiger partial charge in [0.25, 0.3) is 0 Å². The molecule has 0 aliphatic rings. The lowest BCUT2D eigenvalue weighted by Gasteiger charge is -2.10. The summed E-state index contributed by atoms with van der Waals surface area (Å²) < 4.78 is 39.2. The summed E-state index contributed by atoms with van der Waals surface area (Å²) >= 11 is 0. The maximum atomic E-state index is 11.8. The van der Waals surface area contributed by atoms with Crippen LogP contribution in [0.25, 0.3) is 0 Å². The van der Waals surface area contributed by atoms with Crippen LogP contribution in [0, 0.1) is 0 Å². The van der Waals surface area contributed by atoms with Gasteiger partial charge in [0.15, 0.2) is 0 Å². The number of isocyanates is 1. The Morgan fingerprint density at radius 1 is 1.31 bits per heavy atom. The minimum atomic E-state index is -4.70. The molecule has 0 aliphatic carbocycles. The van der Waals surface area contributed by atoms with Gasteiger partial charge in [-0.2, -0.15) is 4.99 Å². The van der Waals surface area contributed by atoms with Crippen LogP contribution in [0.4, 0.5) is 13.2 Å². The minimum Gasteiger partial charge on any atom is -0.406 e. The molecule has 0 unspecified atom stereocenters. The van der Waals surface area contributed by atoms with E-state index in [0.29, 0.717) is 5.56 Å². The van der Waals surface area contributed by atoms with Crippen LogP contribution in [0.2, 0.25) is 0 Å². The van der Waals surface area contributed by atoms with Crippen LogP contribution >= 0.6 is 0 Å². The van der Waals surface area contributed by atoms with E-state index in [-0.39, 0.29) is 5.75 Å². The predicted molar refractivity (Wildman–Crippen MR) is 49.7 cm³/mol. The molecular formula is C10H8F3NO2. The Morgan fingerprint density at radius 3 is 2.31 bits per heavy atom. The Kier molecular flexibility index (Phi) is 3.68. The number of hydrogen-bond acceptors (Lipinski definition) is 3. The summed E-state index contributed by atoms with van der Waals surface area (Å²) in [5.41, 5.74) is 0.609. The Bertz CT molecular complexity index is 394. The Morgan fingerprint density at radius 2 is 1.88 bits per heavy atom. The average Bonchev–Trinajstić information content (AvgIpc) is 2.16. The number of nitrogens with zero attached hydrogens (tertiary/aromatic N) is 1. The van der Waals surface area contributed by atoms with Crippen molar-refractivity contribution in [3.05, 3.63) is 29.8 Å². The molecule has 6 heteroatoms. The van der Waals surface area contributed by atoms with Crippen molar-refractivity contribution in [2.45, 2.75) is 19.3 Å². The summed E-state index contributed by atoms with van der Waals surface area (Å²) in [6.45, 7) is 1.63. The molecule has 1 aromatic rings. The van der Waals surface area contributed by atoms with Crippen molar-refractivity contribution in [2.75, 3.05) is 0 Å².